The summed E-state index contributed by atoms with van der Waals surface area (Å²) < 4.78 is 0. The number of thioether (sulfide) groups is 1. The highest BCUT2D eigenvalue weighted by atomic mass is 32.2. The third-order valence-electron chi connectivity index (χ3n) is 2.86. The van der Waals surface area contributed by atoms with Gasteiger partial charge < -0.3 is 5.11 Å². The largest absolute Gasteiger partial charge is 0.480 e. The minimum atomic E-state index is -0.711. The van der Waals surface area contributed by atoms with Crippen molar-refractivity contribution in [2.24, 2.45) is 0 Å². The highest BCUT2D eigenvalue weighted by Crippen LogP contribution is 2.33. The zero-order valence-corrected chi connectivity index (χ0v) is 10.4. The second-order valence-electron chi connectivity index (χ2n) is 4.36. The van der Waals surface area contributed by atoms with Crippen LogP contribution in [-0.4, -0.2) is 27.7 Å². The molecule has 4 heteroatoms. The Morgan fingerprint density at radius 1 is 1.60 bits per heavy atom. The van der Waals surface area contributed by atoms with E-state index in [0.717, 1.165) is 18.6 Å². The molecule has 1 rings (SSSR count). The molecule has 0 amide bonds. The van der Waals surface area contributed by atoms with Crippen molar-refractivity contribution in [1.82, 2.24) is 5.32 Å². The van der Waals surface area contributed by atoms with Gasteiger partial charge in [0.15, 0.2) is 0 Å². The normalized spacial score (nSPS) is 31.5. The van der Waals surface area contributed by atoms with E-state index in [0.29, 0.717) is 0 Å². The van der Waals surface area contributed by atoms with Gasteiger partial charge >= 0.3 is 5.97 Å². The summed E-state index contributed by atoms with van der Waals surface area (Å²) in [7, 11) is 0. The van der Waals surface area contributed by atoms with E-state index in [9.17, 15) is 4.79 Å². The summed E-state index contributed by atoms with van der Waals surface area (Å²) in [5.41, 5.74) is 0. The number of nitrogens with one attached hydrogen (secondary N) is 1. The van der Waals surface area contributed by atoms with E-state index < -0.39 is 5.97 Å². The summed E-state index contributed by atoms with van der Waals surface area (Å²) in [5.74, 6) is 0.240. The van der Waals surface area contributed by atoms with Crippen molar-refractivity contribution >= 4 is 17.7 Å². The van der Waals surface area contributed by atoms with Crippen LogP contribution < -0.4 is 5.32 Å². The summed E-state index contributed by atoms with van der Waals surface area (Å²) in [4.78, 5) is 10.9. The Balaban J connectivity index is 2.41. The van der Waals surface area contributed by atoms with Crippen LogP contribution in [0.2, 0.25) is 0 Å². The van der Waals surface area contributed by atoms with E-state index in [1.807, 2.05) is 11.8 Å². The predicted octanol–water partition coefficient (Wildman–Crippen LogP) is 2.46. The van der Waals surface area contributed by atoms with Crippen LogP contribution in [0, 0.1) is 0 Å². The molecule has 0 aromatic heterocycles. The van der Waals surface area contributed by atoms with Crippen LogP contribution in [0.1, 0.15) is 46.0 Å². The highest BCUT2D eigenvalue weighted by molar-refractivity contribution is 8.00. The molecular weight excluding hydrogens is 210 g/mol. The van der Waals surface area contributed by atoms with Crippen molar-refractivity contribution in [3.8, 4) is 0 Å². The second-order valence-corrected chi connectivity index (χ2v) is 5.96. The summed E-state index contributed by atoms with van der Waals surface area (Å²) >= 11 is 1.86. The summed E-state index contributed by atoms with van der Waals surface area (Å²) in [5, 5.41) is 12.2. The summed E-state index contributed by atoms with van der Waals surface area (Å²) in [6, 6.07) is -0.349. The molecule has 0 radical (unpaired) electrons. The molecule has 2 N–H and O–H groups in total. The van der Waals surface area contributed by atoms with E-state index in [-0.39, 0.29) is 10.9 Å². The predicted molar refractivity (Wildman–Crippen MR) is 64.2 cm³/mol. The van der Waals surface area contributed by atoms with Crippen LogP contribution in [-0.2, 0) is 4.79 Å². The van der Waals surface area contributed by atoms with Gasteiger partial charge in [-0.05, 0) is 25.5 Å². The lowest BCUT2D eigenvalue weighted by Crippen LogP contribution is -2.52. The average Bonchev–Trinajstić information content (AvgIpc) is 2.18. The second kappa shape index (κ2) is 5.75. The van der Waals surface area contributed by atoms with Gasteiger partial charge in [0.25, 0.3) is 0 Å². The maximum atomic E-state index is 10.9. The van der Waals surface area contributed by atoms with E-state index in [1.54, 1.807) is 0 Å². The van der Waals surface area contributed by atoms with Crippen molar-refractivity contribution in [3.05, 3.63) is 0 Å². The van der Waals surface area contributed by atoms with Gasteiger partial charge in [-0.2, -0.15) is 0 Å². The van der Waals surface area contributed by atoms with Gasteiger partial charge in [0.2, 0.25) is 0 Å². The molecule has 1 heterocycles. The van der Waals surface area contributed by atoms with Crippen LogP contribution in [0.5, 0.6) is 0 Å². The molecule has 1 aliphatic rings. The number of carboxylic acid groups (broad SMARTS) is 1. The highest BCUT2D eigenvalue weighted by Gasteiger charge is 2.34. The molecule has 0 bridgehead atoms. The SMILES string of the molecule is CCCCCC1(C)NC(C(=O)O)CCS1. The fourth-order valence-electron chi connectivity index (χ4n) is 1.93. The van der Waals surface area contributed by atoms with Crippen LogP contribution in [0.3, 0.4) is 0 Å². The van der Waals surface area contributed by atoms with E-state index in [2.05, 4.69) is 19.2 Å². The number of hydrogen-bond acceptors (Lipinski definition) is 3. The number of carboxylic acids is 1. The number of hydrogen-bond donors (Lipinski definition) is 2. The van der Waals surface area contributed by atoms with Crippen molar-refractivity contribution < 1.29 is 9.90 Å². The fourth-order valence-corrected chi connectivity index (χ4v) is 3.24. The molecule has 0 aromatic carbocycles. The monoisotopic (exact) mass is 231 g/mol. The lowest BCUT2D eigenvalue weighted by atomic mass is 10.1. The first-order valence-electron chi connectivity index (χ1n) is 5.72. The average molecular weight is 231 g/mol. The van der Waals surface area contributed by atoms with E-state index in [4.69, 9.17) is 5.11 Å². The fraction of sp³-hybridized carbons (Fsp3) is 0.909. The Labute approximate surface area is 96.0 Å². The molecule has 1 saturated heterocycles. The molecular formula is C11H21NO2S. The lowest BCUT2D eigenvalue weighted by Gasteiger charge is -2.37. The van der Waals surface area contributed by atoms with Gasteiger partial charge in [-0.15, -0.1) is 11.8 Å². The Morgan fingerprint density at radius 2 is 2.33 bits per heavy atom. The molecule has 1 fully saturated rings. The third kappa shape index (κ3) is 4.03. The standard InChI is InChI=1S/C11H21NO2S/c1-3-4-5-7-11(2)12-9(10(13)14)6-8-15-11/h9,12H,3-8H2,1-2H3,(H,13,14). The first-order chi connectivity index (χ1) is 7.07. The number of aliphatic carboxylic acids is 1. The maximum absolute atomic E-state index is 10.9. The molecule has 3 nitrogen and oxygen atoms in total. The summed E-state index contributed by atoms with van der Waals surface area (Å²) in [6.45, 7) is 4.31. The Bertz CT molecular complexity index is 223. The van der Waals surface area contributed by atoms with Gasteiger partial charge in [0.1, 0.15) is 6.04 Å². The molecule has 2 unspecified atom stereocenters. The smallest absolute Gasteiger partial charge is 0.320 e. The molecule has 0 spiro atoms. The minimum Gasteiger partial charge on any atom is -0.480 e. The lowest BCUT2D eigenvalue weighted by molar-refractivity contribution is -0.140. The van der Waals surface area contributed by atoms with Gasteiger partial charge in [-0.3, -0.25) is 10.1 Å². The van der Waals surface area contributed by atoms with Crippen LogP contribution in [0.15, 0.2) is 0 Å². The van der Waals surface area contributed by atoms with Gasteiger partial charge in [0.05, 0.1) is 4.87 Å². The summed E-state index contributed by atoms with van der Waals surface area (Å²) in [6.07, 6.45) is 5.43. The van der Waals surface area contributed by atoms with E-state index >= 15 is 0 Å². The van der Waals surface area contributed by atoms with Crippen LogP contribution >= 0.6 is 11.8 Å². The van der Waals surface area contributed by atoms with Gasteiger partial charge in [-0.25, -0.2) is 0 Å². The molecule has 88 valence electrons. The Hall–Kier alpha value is -0.220. The van der Waals surface area contributed by atoms with Crippen LogP contribution in [0.4, 0.5) is 0 Å². The Kier molecular flexibility index (Phi) is 4.93. The zero-order chi connectivity index (χ0) is 11.3. The van der Waals surface area contributed by atoms with Crippen molar-refractivity contribution in [3.63, 3.8) is 0 Å². The van der Waals surface area contributed by atoms with Crippen molar-refractivity contribution in [2.75, 3.05) is 5.75 Å². The van der Waals surface area contributed by atoms with Crippen molar-refractivity contribution in [2.45, 2.75) is 56.9 Å². The zero-order valence-electron chi connectivity index (χ0n) is 9.58. The van der Waals surface area contributed by atoms with Gasteiger partial charge in [-0.1, -0.05) is 26.2 Å². The topological polar surface area (TPSA) is 49.3 Å². The molecule has 0 aliphatic carbocycles. The van der Waals surface area contributed by atoms with Gasteiger partial charge in [0, 0.05) is 0 Å². The number of rotatable bonds is 5. The maximum Gasteiger partial charge on any atom is 0.320 e. The minimum absolute atomic E-state index is 0.0313. The number of unbranched alkanes of at least 4 members (excludes halogenated alkanes) is 2. The molecule has 0 saturated carbocycles. The third-order valence-corrected chi connectivity index (χ3v) is 4.26. The van der Waals surface area contributed by atoms with Crippen LogP contribution in [0.25, 0.3) is 0 Å². The first kappa shape index (κ1) is 12.8. The molecule has 2 atom stereocenters. The quantitative estimate of drug-likeness (QED) is 0.714. The molecule has 0 aromatic rings. The van der Waals surface area contributed by atoms with Crippen molar-refractivity contribution in [1.29, 1.82) is 0 Å². The number of carbonyl (C=O) groups is 1. The first-order valence-corrected chi connectivity index (χ1v) is 6.70. The Morgan fingerprint density at radius 3 is 2.93 bits per heavy atom. The molecule has 1 aliphatic heterocycles. The molecule has 15 heavy (non-hydrogen) atoms. The van der Waals surface area contributed by atoms with E-state index in [1.165, 1.54) is 19.3 Å².